The molecule has 1 saturated heterocycles. The lowest BCUT2D eigenvalue weighted by molar-refractivity contribution is 0.421. The molecule has 0 radical (unpaired) electrons. The number of benzene rings is 2. The minimum absolute atomic E-state index is 0.206. The van der Waals surface area contributed by atoms with Gasteiger partial charge in [-0.2, -0.15) is 11.8 Å². The molecule has 0 bridgehead atoms. The third-order valence-electron chi connectivity index (χ3n) is 4.13. The molecular weight excluding hydrogens is 252 g/mol. The molecule has 2 atom stereocenters. The molecule has 100 valence electrons. The number of rotatable bonds is 3. The van der Waals surface area contributed by atoms with Crippen LogP contribution >= 0.6 is 11.8 Å². The molecule has 0 spiro atoms. The van der Waals surface area contributed by atoms with E-state index in [0.717, 1.165) is 0 Å². The van der Waals surface area contributed by atoms with Crippen LogP contribution in [0.15, 0.2) is 42.5 Å². The molecule has 2 unspecified atom stereocenters. The minimum Gasteiger partial charge on any atom is -0.271 e. The first-order chi connectivity index (χ1) is 9.23. The van der Waals surface area contributed by atoms with Crippen LogP contribution in [0.5, 0.6) is 0 Å². The number of fused-ring (bicyclic) bond motifs is 1. The Morgan fingerprint density at radius 3 is 2.68 bits per heavy atom. The molecule has 2 aromatic rings. The van der Waals surface area contributed by atoms with E-state index in [1.54, 1.807) is 0 Å². The standard InChI is InChI=1S/C16H20N2S/c1-16(9-4-10-19-16)15(18-17)14-8-7-12-5-2-3-6-13(12)11-14/h2-3,5-8,11,15,18H,4,9-10,17H2,1H3. The maximum atomic E-state index is 5.85. The van der Waals surface area contributed by atoms with E-state index in [1.807, 2.05) is 11.8 Å². The fraction of sp³-hybridized carbons (Fsp3) is 0.375. The fourth-order valence-electron chi connectivity index (χ4n) is 3.04. The Kier molecular flexibility index (Phi) is 3.52. The van der Waals surface area contributed by atoms with Gasteiger partial charge in [-0.05, 0) is 47.9 Å². The van der Waals surface area contributed by atoms with Crippen LogP contribution in [0, 0.1) is 0 Å². The fourth-order valence-corrected chi connectivity index (χ4v) is 4.46. The Morgan fingerprint density at radius 2 is 2.00 bits per heavy atom. The normalized spacial score (nSPS) is 24.7. The van der Waals surface area contributed by atoms with Crippen LogP contribution in [0.4, 0.5) is 0 Å². The summed E-state index contributed by atoms with van der Waals surface area (Å²) in [6, 6.07) is 15.4. The molecule has 2 nitrogen and oxygen atoms in total. The van der Waals surface area contributed by atoms with Gasteiger partial charge in [-0.25, -0.2) is 0 Å². The van der Waals surface area contributed by atoms with Gasteiger partial charge < -0.3 is 0 Å². The lowest BCUT2D eigenvalue weighted by atomic mass is 9.89. The first-order valence-electron chi connectivity index (χ1n) is 6.82. The zero-order valence-corrected chi connectivity index (χ0v) is 12.0. The molecule has 3 rings (SSSR count). The molecule has 0 aliphatic carbocycles. The average molecular weight is 272 g/mol. The predicted octanol–water partition coefficient (Wildman–Crippen LogP) is 3.63. The van der Waals surface area contributed by atoms with Gasteiger partial charge in [0.05, 0.1) is 6.04 Å². The van der Waals surface area contributed by atoms with Crippen molar-refractivity contribution in [3.05, 3.63) is 48.0 Å². The van der Waals surface area contributed by atoms with Crippen molar-refractivity contribution in [1.82, 2.24) is 5.43 Å². The molecule has 1 aliphatic rings. The first-order valence-corrected chi connectivity index (χ1v) is 7.80. The van der Waals surface area contributed by atoms with Gasteiger partial charge in [0.1, 0.15) is 0 Å². The Labute approximate surface area is 118 Å². The summed E-state index contributed by atoms with van der Waals surface area (Å²) in [5, 5.41) is 2.57. The van der Waals surface area contributed by atoms with Crippen LogP contribution < -0.4 is 11.3 Å². The molecular formula is C16H20N2S. The van der Waals surface area contributed by atoms with Crippen LogP contribution in [-0.2, 0) is 0 Å². The summed E-state index contributed by atoms with van der Waals surface area (Å²) >= 11 is 2.04. The van der Waals surface area contributed by atoms with E-state index in [4.69, 9.17) is 5.84 Å². The third-order valence-corrected chi connectivity index (χ3v) is 5.73. The number of nitrogens with one attached hydrogen (secondary N) is 1. The quantitative estimate of drug-likeness (QED) is 0.662. The van der Waals surface area contributed by atoms with Crippen molar-refractivity contribution in [2.24, 2.45) is 5.84 Å². The Balaban J connectivity index is 2.01. The van der Waals surface area contributed by atoms with Crippen LogP contribution in [-0.4, -0.2) is 10.5 Å². The van der Waals surface area contributed by atoms with E-state index in [2.05, 4.69) is 54.8 Å². The van der Waals surface area contributed by atoms with E-state index < -0.39 is 0 Å². The summed E-state index contributed by atoms with van der Waals surface area (Å²) in [4.78, 5) is 0. The molecule has 0 aromatic heterocycles. The zero-order valence-electron chi connectivity index (χ0n) is 11.2. The second-order valence-corrected chi connectivity index (χ2v) is 7.10. The molecule has 0 saturated carbocycles. The van der Waals surface area contributed by atoms with Gasteiger partial charge in [0.2, 0.25) is 0 Å². The summed E-state index contributed by atoms with van der Waals surface area (Å²) in [5.41, 5.74) is 4.33. The second-order valence-electron chi connectivity index (χ2n) is 5.47. The van der Waals surface area contributed by atoms with Crippen molar-refractivity contribution in [3.63, 3.8) is 0 Å². The number of hydrogen-bond acceptors (Lipinski definition) is 3. The van der Waals surface area contributed by atoms with Crippen LogP contribution in [0.2, 0.25) is 0 Å². The van der Waals surface area contributed by atoms with Gasteiger partial charge in [-0.3, -0.25) is 11.3 Å². The Morgan fingerprint density at radius 1 is 1.21 bits per heavy atom. The summed E-state index contributed by atoms with van der Waals surface area (Å²) in [6.07, 6.45) is 2.51. The van der Waals surface area contributed by atoms with Crippen molar-refractivity contribution in [1.29, 1.82) is 0 Å². The highest BCUT2D eigenvalue weighted by atomic mass is 32.2. The maximum Gasteiger partial charge on any atom is 0.0604 e. The summed E-state index contributed by atoms with van der Waals surface area (Å²) < 4.78 is 0.206. The lowest BCUT2D eigenvalue weighted by Gasteiger charge is -2.33. The molecule has 0 amide bonds. The summed E-state index contributed by atoms with van der Waals surface area (Å²) in [7, 11) is 0. The average Bonchev–Trinajstić information content (AvgIpc) is 2.87. The highest BCUT2D eigenvalue weighted by Gasteiger charge is 2.38. The highest BCUT2D eigenvalue weighted by Crippen LogP contribution is 2.46. The molecule has 1 fully saturated rings. The van der Waals surface area contributed by atoms with Gasteiger partial charge >= 0.3 is 0 Å². The summed E-state index contributed by atoms with van der Waals surface area (Å²) in [5.74, 6) is 7.09. The van der Waals surface area contributed by atoms with Gasteiger partial charge in [0.25, 0.3) is 0 Å². The zero-order chi connectivity index (χ0) is 13.3. The van der Waals surface area contributed by atoms with Crippen molar-refractivity contribution in [2.45, 2.75) is 30.6 Å². The van der Waals surface area contributed by atoms with Crippen molar-refractivity contribution in [3.8, 4) is 0 Å². The first kappa shape index (κ1) is 13.0. The molecule has 1 aliphatic heterocycles. The predicted molar refractivity (Wildman–Crippen MR) is 84.1 cm³/mol. The summed E-state index contributed by atoms with van der Waals surface area (Å²) in [6.45, 7) is 2.32. The van der Waals surface area contributed by atoms with Gasteiger partial charge in [-0.15, -0.1) is 0 Å². The SMILES string of the molecule is CC1(C(NN)c2ccc3ccccc3c2)CCCS1. The number of hydrazine groups is 1. The van der Waals surface area contributed by atoms with E-state index in [0.29, 0.717) is 0 Å². The molecule has 2 aromatic carbocycles. The van der Waals surface area contributed by atoms with Crippen molar-refractivity contribution in [2.75, 3.05) is 5.75 Å². The Hall–Kier alpha value is -1.03. The smallest absolute Gasteiger partial charge is 0.0604 e. The van der Waals surface area contributed by atoms with E-state index in [9.17, 15) is 0 Å². The molecule has 3 heteroatoms. The number of hydrogen-bond donors (Lipinski definition) is 2. The van der Waals surface area contributed by atoms with Crippen LogP contribution in [0.25, 0.3) is 10.8 Å². The second kappa shape index (κ2) is 5.16. The van der Waals surface area contributed by atoms with Crippen LogP contribution in [0.1, 0.15) is 31.4 Å². The molecule has 19 heavy (non-hydrogen) atoms. The lowest BCUT2D eigenvalue weighted by Crippen LogP contribution is -2.41. The van der Waals surface area contributed by atoms with Crippen molar-refractivity contribution < 1.29 is 0 Å². The maximum absolute atomic E-state index is 5.85. The third kappa shape index (κ3) is 2.38. The van der Waals surface area contributed by atoms with E-state index in [-0.39, 0.29) is 10.8 Å². The van der Waals surface area contributed by atoms with Crippen LogP contribution in [0.3, 0.4) is 0 Å². The van der Waals surface area contributed by atoms with Gasteiger partial charge in [-0.1, -0.05) is 36.4 Å². The van der Waals surface area contributed by atoms with Gasteiger partial charge in [0.15, 0.2) is 0 Å². The minimum atomic E-state index is 0.206. The van der Waals surface area contributed by atoms with E-state index in [1.165, 1.54) is 34.9 Å². The topological polar surface area (TPSA) is 38.0 Å². The van der Waals surface area contributed by atoms with Crippen molar-refractivity contribution >= 4 is 22.5 Å². The number of thioether (sulfide) groups is 1. The monoisotopic (exact) mass is 272 g/mol. The highest BCUT2D eigenvalue weighted by molar-refractivity contribution is 8.00. The Bertz CT molecular complexity index is 576. The van der Waals surface area contributed by atoms with E-state index >= 15 is 0 Å². The largest absolute Gasteiger partial charge is 0.271 e. The molecule has 1 heterocycles. The van der Waals surface area contributed by atoms with Gasteiger partial charge in [0, 0.05) is 4.75 Å². The molecule has 3 N–H and O–H groups in total. The number of nitrogens with two attached hydrogens (primary N) is 1.